The molecule has 3 nitrogen and oxygen atoms in total. The largest absolute Gasteiger partial charge is 0.369 e. The van der Waals surface area contributed by atoms with Crippen LogP contribution in [0.3, 0.4) is 0 Å². The van der Waals surface area contributed by atoms with Crippen LogP contribution < -0.4 is 5.73 Å². The van der Waals surface area contributed by atoms with E-state index in [4.69, 9.17) is 5.73 Å². The van der Waals surface area contributed by atoms with Crippen molar-refractivity contribution >= 4 is 32.9 Å². The zero-order chi connectivity index (χ0) is 13.1. The number of unbranched alkanes of at least 4 members (excludes halogenated alkanes) is 1. The van der Waals surface area contributed by atoms with Gasteiger partial charge >= 0.3 is 0 Å². The molecular weight excluding hydrogens is 290 g/mol. The van der Waals surface area contributed by atoms with Crippen molar-refractivity contribution in [2.24, 2.45) is 5.92 Å². The molecule has 0 spiro atoms. The molecule has 0 unspecified atom stereocenters. The smallest absolute Gasteiger partial charge is 0.201 e. The number of hydrogen-bond donors (Lipinski definition) is 1. The maximum absolute atomic E-state index is 5.98. The SMILES string of the molecule is CC(C)CCCCn1c(N)nc2cc(Br)ccc21. The van der Waals surface area contributed by atoms with Crippen LogP contribution in [0.4, 0.5) is 5.95 Å². The highest BCUT2D eigenvalue weighted by molar-refractivity contribution is 9.10. The van der Waals surface area contributed by atoms with Gasteiger partial charge in [0.2, 0.25) is 5.95 Å². The number of nitrogens with two attached hydrogens (primary N) is 1. The Morgan fingerprint density at radius 1 is 1.33 bits per heavy atom. The summed E-state index contributed by atoms with van der Waals surface area (Å²) in [6.07, 6.45) is 3.68. The maximum atomic E-state index is 5.98. The minimum absolute atomic E-state index is 0.618. The fraction of sp³-hybridized carbons (Fsp3) is 0.500. The topological polar surface area (TPSA) is 43.8 Å². The summed E-state index contributed by atoms with van der Waals surface area (Å²) < 4.78 is 3.15. The number of nitrogens with zero attached hydrogens (tertiary/aromatic N) is 2. The molecular formula is C14H20BrN3. The first kappa shape index (κ1) is 13.4. The first-order valence-corrected chi connectivity index (χ1v) is 7.28. The Hall–Kier alpha value is -1.03. The highest BCUT2D eigenvalue weighted by Gasteiger charge is 2.08. The third-order valence-electron chi connectivity index (χ3n) is 3.15. The van der Waals surface area contributed by atoms with Gasteiger partial charge in [0.15, 0.2) is 0 Å². The predicted molar refractivity (Wildman–Crippen MR) is 80.5 cm³/mol. The van der Waals surface area contributed by atoms with Crippen molar-refractivity contribution in [3.63, 3.8) is 0 Å². The number of fused-ring (bicyclic) bond motifs is 1. The van der Waals surface area contributed by atoms with Gasteiger partial charge < -0.3 is 10.3 Å². The summed E-state index contributed by atoms with van der Waals surface area (Å²) in [7, 11) is 0. The molecule has 2 aromatic rings. The summed E-state index contributed by atoms with van der Waals surface area (Å²) in [6, 6.07) is 6.12. The van der Waals surface area contributed by atoms with Crippen molar-refractivity contribution < 1.29 is 0 Å². The molecule has 0 aliphatic rings. The van der Waals surface area contributed by atoms with Gasteiger partial charge in [-0.1, -0.05) is 42.6 Å². The molecule has 0 aliphatic carbocycles. The number of anilines is 1. The number of imidazole rings is 1. The fourth-order valence-corrected chi connectivity index (χ4v) is 2.53. The first-order valence-electron chi connectivity index (χ1n) is 6.49. The van der Waals surface area contributed by atoms with Crippen LogP contribution in [0.1, 0.15) is 33.1 Å². The number of nitrogen functional groups attached to an aromatic ring is 1. The number of hydrogen-bond acceptors (Lipinski definition) is 2. The Labute approximate surface area is 117 Å². The van der Waals surface area contributed by atoms with Crippen LogP contribution in [0.25, 0.3) is 11.0 Å². The van der Waals surface area contributed by atoms with Gasteiger partial charge in [-0.05, 0) is 30.5 Å². The van der Waals surface area contributed by atoms with Crippen LogP contribution in [0.15, 0.2) is 22.7 Å². The van der Waals surface area contributed by atoms with Crippen molar-refractivity contribution in [3.8, 4) is 0 Å². The molecule has 0 atom stereocenters. The Bertz CT molecular complexity index is 531. The second-order valence-electron chi connectivity index (χ2n) is 5.14. The Morgan fingerprint density at radius 3 is 2.83 bits per heavy atom. The van der Waals surface area contributed by atoms with E-state index >= 15 is 0 Å². The highest BCUT2D eigenvalue weighted by atomic mass is 79.9. The van der Waals surface area contributed by atoms with E-state index in [9.17, 15) is 0 Å². The Balaban J connectivity index is 2.10. The predicted octanol–water partition coefficient (Wildman–Crippen LogP) is 4.21. The second kappa shape index (κ2) is 5.74. The summed E-state index contributed by atoms with van der Waals surface area (Å²) in [5.41, 5.74) is 8.07. The number of benzene rings is 1. The molecule has 2 rings (SSSR count). The van der Waals surface area contributed by atoms with Crippen molar-refractivity contribution in [1.29, 1.82) is 0 Å². The first-order chi connectivity index (χ1) is 8.58. The number of halogens is 1. The number of aromatic nitrogens is 2. The van der Waals surface area contributed by atoms with Crippen molar-refractivity contribution in [2.45, 2.75) is 39.7 Å². The van der Waals surface area contributed by atoms with Gasteiger partial charge in [0.1, 0.15) is 0 Å². The van der Waals surface area contributed by atoms with Crippen LogP contribution in [0, 0.1) is 5.92 Å². The molecule has 0 radical (unpaired) electrons. The van der Waals surface area contributed by atoms with E-state index in [0.29, 0.717) is 5.95 Å². The van der Waals surface area contributed by atoms with E-state index in [0.717, 1.165) is 34.4 Å². The average Bonchev–Trinajstić information content (AvgIpc) is 2.59. The minimum Gasteiger partial charge on any atom is -0.369 e. The zero-order valence-electron chi connectivity index (χ0n) is 11.0. The van der Waals surface area contributed by atoms with Crippen molar-refractivity contribution in [3.05, 3.63) is 22.7 Å². The molecule has 0 bridgehead atoms. The van der Waals surface area contributed by atoms with Crippen molar-refractivity contribution in [2.75, 3.05) is 5.73 Å². The standard InChI is InChI=1S/C14H20BrN3/c1-10(2)5-3-4-8-18-13-7-6-11(15)9-12(13)17-14(18)16/h6-7,9-10H,3-5,8H2,1-2H3,(H2,16,17). The highest BCUT2D eigenvalue weighted by Crippen LogP contribution is 2.22. The summed E-state index contributed by atoms with van der Waals surface area (Å²) in [4.78, 5) is 4.40. The lowest BCUT2D eigenvalue weighted by Crippen LogP contribution is -2.03. The molecule has 0 saturated carbocycles. The van der Waals surface area contributed by atoms with E-state index in [2.05, 4.69) is 45.4 Å². The van der Waals surface area contributed by atoms with Gasteiger partial charge in [0.05, 0.1) is 11.0 Å². The molecule has 0 saturated heterocycles. The molecule has 1 aromatic carbocycles. The summed E-state index contributed by atoms with van der Waals surface area (Å²) in [5.74, 6) is 1.39. The molecule has 2 N–H and O–H groups in total. The molecule has 4 heteroatoms. The lowest BCUT2D eigenvalue weighted by molar-refractivity contribution is 0.514. The van der Waals surface area contributed by atoms with E-state index in [1.807, 2.05) is 12.1 Å². The van der Waals surface area contributed by atoms with E-state index in [1.165, 1.54) is 12.8 Å². The lowest BCUT2D eigenvalue weighted by atomic mass is 10.1. The Kier molecular flexibility index (Phi) is 4.27. The van der Waals surface area contributed by atoms with Gasteiger partial charge in [-0.15, -0.1) is 0 Å². The maximum Gasteiger partial charge on any atom is 0.201 e. The van der Waals surface area contributed by atoms with Crippen LogP contribution in [-0.2, 0) is 6.54 Å². The normalized spacial score (nSPS) is 11.6. The number of aryl methyl sites for hydroxylation is 1. The van der Waals surface area contributed by atoms with Crippen LogP contribution in [-0.4, -0.2) is 9.55 Å². The second-order valence-corrected chi connectivity index (χ2v) is 6.06. The van der Waals surface area contributed by atoms with Gasteiger partial charge in [-0.2, -0.15) is 0 Å². The molecule has 98 valence electrons. The zero-order valence-corrected chi connectivity index (χ0v) is 12.6. The van der Waals surface area contributed by atoms with E-state index in [1.54, 1.807) is 0 Å². The summed E-state index contributed by atoms with van der Waals surface area (Å²) >= 11 is 3.46. The lowest BCUT2D eigenvalue weighted by Gasteiger charge is -2.07. The summed E-state index contributed by atoms with van der Waals surface area (Å²) in [5, 5.41) is 0. The molecule has 18 heavy (non-hydrogen) atoms. The van der Waals surface area contributed by atoms with E-state index < -0.39 is 0 Å². The molecule has 1 aromatic heterocycles. The van der Waals surface area contributed by atoms with Crippen LogP contribution >= 0.6 is 15.9 Å². The number of rotatable bonds is 5. The average molecular weight is 310 g/mol. The molecule has 0 fully saturated rings. The van der Waals surface area contributed by atoms with E-state index in [-0.39, 0.29) is 0 Å². The van der Waals surface area contributed by atoms with Gasteiger partial charge in [0.25, 0.3) is 0 Å². The monoisotopic (exact) mass is 309 g/mol. The molecule has 1 heterocycles. The third kappa shape index (κ3) is 3.05. The van der Waals surface area contributed by atoms with Crippen molar-refractivity contribution in [1.82, 2.24) is 9.55 Å². The summed E-state index contributed by atoms with van der Waals surface area (Å²) in [6.45, 7) is 5.48. The van der Waals surface area contributed by atoms with Crippen LogP contribution in [0.2, 0.25) is 0 Å². The van der Waals surface area contributed by atoms with Gasteiger partial charge in [-0.25, -0.2) is 4.98 Å². The van der Waals surface area contributed by atoms with Gasteiger partial charge in [0, 0.05) is 11.0 Å². The van der Waals surface area contributed by atoms with Crippen LogP contribution in [0.5, 0.6) is 0 Å². The quantitative estimate of drug-likeness (QED) is 0.841. The third-order valence-corrected chi connectivity index (χ3v) is 3.65. The fourth-order valence-electron chi connectivity index (χ4n) is 2.18. The van der Waals surface area contributed by atoms with Gasteiger partial charge in [-0.3, -0.25) is 0 Å². The minimum atomic E-state index is 0.618. The molecule has 0 amide bonds. The molecule has 0 aliphatic heterocycles. The Morgan fingerprint density at radius 2 is 2.11 bits per heavy atom.